The third kappa shape index (κ3) is 4.36. The van der Waals surface area contributed by atoms with Crippen LogP contribution in [-0.4, -0.2) is 38.0 Å². The molecule has 6 nitrogen and oxygen atoms in total. The molecular formula is C20H21ClN2O4S. The molecule has 0 bridgehead atoms. The number of para-hydroxylation sites is 1. The van der Waals surface area contributed by atoms with Gasteiger partial charge in [-0.3, -0.25) is 9.59 Å². The highest BCUT2D eigenvalue weighted by Crippen LogP contribution is 2.49. The van der Waals surface area contributed by atoms with E-state index in [0.717, 1.165) is 4.90 Å². The summed E-state index contributed by atoms with van der Waals surface area (Å²) in [6.45, 7) is 0.259. The molecular weight excluding hydrogens is 400 g/mol. The number of methoxy groups -OCH3 is 1. The van der Waals surface area contributed by atoms with Gasteiger partial charge in [0.1, 0.15) is 23.3 Å². The third-order valence-electron chi connectivity index (χ3n) is 4.24. The fourth-order valence-corrected chi connectivity index (χ4v) is 4.32. The molecule has 28 heavy (non-hydrogen) atoms. The van der Waals surface area contributed by atoms with Crippen molar-refractivity contribution >= 4 is 40.9 Å². The summed E-state index contributed by atoms with van der Waals surface area (Å²) in [6, 6.07) is 12.8. The SMILES string of the molecule is COc1ccc(OCCCCl)c(C2Sc3ccccc3N(CC(N)=O)C2=O)c1. The lowest BCUT2D eigenvalue weighted by molar-refractivity contribution is -0.122. The van der Waals surface area contributed by atoms with Gasteiger partial charge in [0.05, 0.1) is 19.4 Å². The second-order valence-corrected chi connectivity index (χ2v) is 7.68. The Bertz CT molecular complexity index is 877. The molecule has 148 valence electrons. The summed E-state index contributed by atoms with van der Waals surface area (Å²) in [5, 5.41) is -0.588. The summed E-state index contributed by atoms with van der Waals surface area (Å²) in [7, 11) is 1.57. The average molecular weight is 421 g/mol. The number of nitrogens with two attached hydrogens (primary N) is 1. The van der Waals surface area contributed by atoms with Crippen LogP contribution in [0, 0.1) is 0 Å². The number of ether oxygens (including phenoxy) is 2. The number of thioether (sulfide) groups is 1. The molecule has 2 N–H and O–H groups in total. The minimum atomic E-state index is -0.588. The molecule has 8 heteroatoms. The third-order valence-corrected chi connectivity index (χ3v) is 5.80. The largest absolute Gasteiger partial charge is 0.497 e. The smallest absolute Gasteiger partial charge is 0.245 e. The van der Waals surface area contributed by atoms with E-state index in [9.17, 15) is 9.59 Å². The van der Waals surface area contributed by atoms with Crippen molar-refractivity contribution in [2.75, 3.05) is 31.0 Å². The van der Waals surface area contributed by atoms with Crippen LogP contribution in [0.25, 0.3) is 0 Å². The summed E-state index contributed by atoms with van der Waals surface area (Å²) >= 11 is 7.16. The predicted molar refractivity (Wildman–Crippen MR) is 110 cm³/mol. The van der Waals surface area contributed by atoms with Crippen LogP contribution >= 0.6 is 23.4 Å². The number of anilines is 1. The number of carbonyl (C=O) groups is 2. The van der Waals surface area contributed by atoms with Crippen LogP contribution in [0.2, 0.25) is 0 Å². The van der Waals surface area contributed by atoms with Crippen LogP contribution in [0.4, 0.5) is 5.69 Å². The van der Waals surface area contributed by atoms with Gasteiger partial charge in [-0.2, -0.15) is 0 Å². The molecule has 0 fully saturated rings. The van der Waals surface area contributed by atoms with Crippen LogP contribution in [0.5, 0.6) is 11.5 Å². The van der Waals surface area contributed by atoms with Crippen molar-refractivity contribution in [2.24, 2.45) is 5.73 Å². The van der Waals surface area contributed by atoms with Crippen molar-refractivity contribution in [1.29, 1.82) is 0 Å². The van der Waals surface area contributed by atoms with Crippen molar-refractivity contribution < 1.29 is 19.1 Å². The number of nitrogens with zero attached hydrogens (tertiary/aromatic N) is 1. The van der Waals surface area contributed by atoms with Gasteiger partial charge < -0.3 is 20.1 Å². The van der Waals surface area contributed by atoms with E-state index in [1.807, 2.05) is 24.3 Å². The molecule has 0 aromatic heterocycles. The first-order valence-electron chi connectivity index (χ1n) is 8.77. The van der Waals surface area contributed by atoms with Gasteiger partial charge in [-0.25, -0.2) is 0 Å². The number of alkyl halides is 1. The number of hydrogen-bond donors (Lipinski definition) is 1. The van der Waals surface area contributed by atoms with Gasteiger partial charge in [0.2, 0.25) is 11.8 Å². The topological polar surface area (TPSA) is 81.9 Å². The number of halogens is 1. The average Bonchev–Trinajstić information content (AvgIpc) is 2.70. The Hall–Kier alpha value is -2.38. The Morgan fingerprint density at radius 1 is 1.29 bits per heavy atom. The van der Waals surface area contributed by atoms with Gasteiger partial charge in [0, 0.05) is 16.3 Å². The zero-order chi connectivity index (χ0) is 20.1. The summed E-state index contributed by atoms with van der Waals surface area (Å²) in [5.74, 6) is 0.905. The number of rotatable bonds is 8. The fourth-order valence-electron chi connectivity index (χ4n) is 2.96. The molecule has 2 aromatic carbocycles. The zero-order valence-corrected chi connectivity index (χ0v) is 17.0. The molecule has 0 spiro atoms. The van der Waals surface area contributed by atoms with Crippen molar-refractivity contribution in [3.8, 4) is 11.5 Å². The minimum absolute atomic E-state index is 0.181. The van der Waals surface area contributed by atoms with Crippen LogP contribution < -0.4 is 20.1 Å². The highest BCUT2D eigenvalue weighted by atomic mass is 35.5. The van der Waals surface area contributed by atoms with E-state index >= 15 is 0 Å². The molecule has 1 atom stereocenters. The number of hydrogen-bond acceptors (Lipinski definition) is 5. The van der Waals surface area contributed by atoms with E-state index in [1.54, 1.807) is 25.3 Å². The standard InChI is InChI=1S/C20H21ClN2O4S/c1-26-13-7-8-16(27-10-4-9-21)14(11-13)19-20(25)23(12-18(22)24)15-5-2-3-6-17(15)28-19/h2-3,5-8,11,19H,4,9-10,12H2,1H3,(H2,22,24). The number of carbonyl (C=O) groups excluding carboxylic acids is 2. The Morgan fingerprint density at radius 3 is 2.79 bits per heavy atom. The van der Waals surface area contributed by atoms with Crippen molar-refractivity contribution in [2.45, 2.75) is 16.6 Å². The molecule has 0 radical (unpaired) electrons. The summed E-state index contributed by atoms with van der Waals surface area (Å²) in [5.41, 5.74) is 6.76. The van der Waals surface area contributed by atoms with Crippen LogP contribution in [0.1, 0.15) is 17.2 Å². The molecule has 1 aliphatic rings. The lowest BCUT2D eigenvalue weighted by atomic mass is 10.1. The molecule has 3 rings (SSSR count). The summed E-state index contributed by atoms with van der Waals surface area (Å²) in [4.78, 5) is 27.2. The van der Waals surface area contributed by atoms with Gasteiger partial charge in [-0.05, 0) is 36.8 Å². The maximum Gasteiger partial charge on any atom is 0.245 e. The molecule has 1 heterocycles. The number of fused-ring (bicyclic) bond motifs is 1. The van der Waals surface area contributed by atoms with Gasteiger partial charge in [0.15, 0.2) is 0 Å². The highest BCUT2D eigenvalue weighted by molar-refractivity contribution is 8.00. The first-order valence-corrected chi connectivity index (χ1v) is 10.2. The van der Waals surface area contributed by atoms with Gasteiger partial charge in [-0.15, -0.1) is 23.4 Å². The maximum absolute atomic E-state index is 13.3. The number of amides is 2. The monoisotopic (exact) mass is 420 g/mol. The zero-order valence-electron chi connectivity index (χ0n) is 15.4. The Labute approximate surface area is 172 Å². The maximum atomic E-state index is 13.3. The van der Waals surface area contributed by atoms with Crippen molar-refractivity contribution in [3.63, 3.8) is 0 Å². The first-order chi connectivity index (χ1) is 13.5. The molecule has 2 amide bonds. The lowest BCUT2D eigenvalue weighted by Gasteiger charge is -2.33. The minimum Gasteiger partial charge on any atom is -0.497 e. The van der Waals surface area contributed by atoms with E-state index < -0.39 is 11.2 Å². The van der Waals surface area contributed by atoms with E-state index in [0.29, 0.717) is 41.7 Å². The van der Waals surface area contributed by atoms with Crippen molar-refractivity contribution in [3.05, 3.63) is 48.0 Å². The highest BCUT2D eigenvalue weighted by Gasteiger charge is 2.37. The van der Waals surface area contributed by atoms with Crippen LogP contribution in [-0.2, 0) is 9.59 Å². The molecule has 0 saturated carbocycles. The van der Waals surface area contributed by atoms with E-state index in [4.69, 9.17) is 26.8 Å². The Kier molecular flexibility index (Phi) is 6.70. The number of benzene rings is 2. The summed E-state index contributed by atoms with van der Waals surface area (Å²) in [6.07, 6.45) is 0.690. The molecule has 1 unspecified atom stereocenters. The predicted octanol–water partition coefficient (Wildman–Crippen LogP) is 3.37. The number of primary amides is 1. The normalized spacial score (nSPS) is 15.9. The van der Waals surface area contributed by atoms with Gasteiger partial charge >= 0.3 is 0 Å². The molecule has 0 aliphatic carbocycles. The second-order valence-electron chi connectivity index (χ2n) is 6.15. The Balaban J connectivity index is 2.02. The first kappa shape index (κ1) is 20.4. The van der Waals surface area contributed by atoms with E-state index in [2.05, 4.69) is 0 Å². The quantitative estimate of drug-likeness (QED) is 0.523. The van der Waals surface area contributed by atoms with Gasteiger partial charge in [-0.1, -0.05) is 12.1 Å². The Morgan fingerprint density at radius 2 is 2.07 bits per heavy atom. The molecule has 1 aliphatic heterocycles. The van der Waals surface area contributed by atoms with Crippen molar-refractivity contribution in [1.82, 2.24) is 0 Å². The van der Waals surface area contributed by atoms with Gasteiger partial charge in [0.25, 0.3) is 0 Å². The molecule has 2 aromatic rings. The van der Waals surface area contributed by atoms with E-state index in [-0.39, 0.29) is 12.5 Å². The summed E-state index contributed by atoms with van der Waals surface area (Å²) < 4.78 is 11.2. The molecule has 0 saturated heterocycles. The second kappa shape index (κ2) is 9.21. The fraction of sp³-hybridized carbons (Fsp3) is 0.300. The van der Waals surface area contributed by atoms with E-state index in [1.165, 1.54) is 16.7 Å². The van der Waals surface area contributed by atoms with Crippen LogP contribution in [0.3, 0.4) is 0 Å². The lowest BCUT2D eigenvalue weighted by Crippen LogP contribution is -2.42. The van der Waals surface area contributed by atoms with Crippen LogP contribution in [0.15, 0.2) is 47.4 Å².